The van der Waals surface area contributed by atoms with Crippen LogP contribution in [0.2, 0.25) is 0 Å². The first-order valence-corrected chi connectivity index (χ1v) is 12.6. The Morgan fingerprint density at radius 2 is 1.90 bits per heavy atom. The van der Waals surface area contributed by atoms with E-state index in [1.807, 2.05) is 38.2 Å². The van der Waals surface area contributed by atoms with E-state index in [4.69, 9.17) is 4.74 Å². The molecule has 206 valence electrons. The van der Waals surface area contributed by atoms with Crippen molar-refractivity contribution < 1.29 is 22.7 Å². The van der Waals surface area contributed by atoms with Gasteiger partial charge in [0.2, 0.25) is 5.95 Å². The number of ether oxygens (including phenoxy) is 1. The van der Waals surface area contributed by atoms with Crippen LogP contribution in [-0.2, 0) is 0 Å². The molecule has 3 heterocycles. The maximum Gasteiger partial charge on any atom is 0.389 e. The number of likely N-dealkylation sites (N-methyl/N-ethyl adjacent to an activating group) is 2. The lowest BCUT2D eigenvalue weighted by Gasteiger charge is -2.19. The molecular weight excluding hydrogens is 511 g/mol. The summed E-state index contributed by atoms with van der Waals surface area (Å²) in [6.07, 6.45) is -2.13. The summed E-state index contributed by atoms with van der Waals surface area (Å²) in [5.74, 6) is 0.681. The second-order valence-electron chi connectivity index (χ2n) is 8.81. The molecule has 0 atom stereocenters. The maximum atomic E-state index is 12.9. The molecule has 0 spiro atoms. The lowest BCUT2D eigenvalue weighted by Crippen LogP contribution is -2.36. The fourth-order valence-corrected chi connectivity index (χ4v) is 3.94. The van der Waals surface area contributed by atoms with Gasteiger partial charge >= 0.3 is 6.18 Å². The van der Waals surface area contributed by atoms with Crippen molar-refractivity contribution in [1.82, 2.24) is 30.2 Å². The molecule has 9 nitrogen and oxygen atoms in total. The Morgan fingerprint density at radius 3 is 2.67 bits per heavy atom. The number of hydrogen-bond acceptors (Lipinski definition) is 7. The van der Waals surface area contributed by atoms with Crippen molar-refractivity contribution in [3.8, 4) is 17.1 Å². The first-order valence-electron chi connectivity index (χ1n) is 12.6. The number of amides is 1. The minimum atomic E-state index is -4.20. The van der Waals surface area contributed by atoms with Crippen molar-refractivity contribution in [2.45, 2.75) is 25.9 Å². The number of carbonyl (C=O) groups excluding carboxylic acids is 1. The van der Waals surface area contributed by atoms with Crippen molar-refractivity contribution in [1.29, 1.82) is 0 Å². The van der Waals surface area contributed by atoms with Gasteiger partial charge in [0.05, 0.1) is 18.0 Å². The molecule has 0 bridgehead atoms. The van der Waals surface area contributed by atoms with E-state index in [-0.39, 0.29) is 18.9 Å². The smallest absolute Gasteiger partial charge is 0.389 e. The molecule has 0 aliphatic heterocycles. The molecule has 3 N–H and O–H groups in total. The molecule has 39 heavy (non-hydrogen) atoms. The largest absolute Gasteiger partial charge is 0.493 e. The predicted octanol–water partition coefficient (Wildman–Crippen LogP) is 5.17. The number of benzene rings is 1. The summed E-state index contributed by atoms with van der Waals surface area (Å²) in [7, 11) is 1.85. The summed E-state index contributed by atoms with van der Waals surface area (Å²) in [5.41, 5.74) is 3.10. The first-order chi connectivity index (χ1) is 18.8. The average Bonchev–Trinajstić information content (AvgIpc) is 3.35. The van der Waals surface area contributed by atoms with Crippen LogP contribution in [-0.4, -0.2) is 70.2 Å². The second kappa shape index (κ2) is 12.6. The summed E-state index contributed by atoms with van der Waals surface area (Å²) in [5, 5.41) is 7.09. The average molecular weight is 542 g/mol. The standard InChI is InChI=1S/C27H30F3N7O2/c1-3-37(13-12-31-2)25(38)24-16-18-15-19(5-6-21(18)35-24)34-26-33-11-8-22(36-26)23-17-20(7-10-32-23)39-14-4-9-27(28,29)30/h5-8,10-11,15-17,31,35H,3-4,9,12-14H2,1-2H3,(H,33,34,36). The number of hydrogen-bond donors (Lipinski definition) is 3. The number of rotatable bonds is 12. The Balaban J connectivity index is 1.45. The van der Waals surface area contributed by atoms with E-state index in [1.165, 1.54) is 6.20 Å². The van der Waals surface area contributed by atoms with E-state index in [0.29, 0.717) is 48.4 Å². The fourth-order valence-electron chi connectivity index (χ4n) is 3.94. The van der Waals surface area contributed by atoms with Gasteiger partial charge in [0.25, 0.3) is 5.91 Å². The van der Waals surface area contributed by atoms with Gasteiger partial charge in [-0.2, -0.15) is 13.2 Å². The van der Waals surface area contributed by atoms with Crippen molar-refractivity contribution in [2.75, 3.05) is 38.6 Å². The molecule has 1 aromatic carbocycles. The highest BCUT2D eigenvalue weighted by molar-refractivity contribution is 5.98. The number of nitrogens with one attached hydrogen (secondary N) is 3. The zero-order valence-electron chi connectivity index (χ0n) is 21.7. The highest BCUT2D eigenvalue weighted by Gasteiger charge is 2.26. The van der Waals surface area contributed by atoms with Crippen molar-refractivity contribution in [3.63, 3.8) is 0 Å². The molecule has 12 heteroatoms. The molecule has 3 aromatic heterocycles. The normalized spacial score (nSPS) is 11.5. The van der Waals surface area contributed by atoms with Gasteiger partial charge < -0.3 is 25.3 Å². The Labute approximate surface area is 223 Å². The lowest BCUT2D eigenvalue weighted by atomic mass is 10.2. The Hall–Kier alpha value is -4.19. The van der Waals surface area contributed by atoms with E-state index < -0.39 is 12.6 Å². The van der Waals surface area contributed by atoms with Crippen LogP contribution in [0.1, 0.15) is 30.3 Å². The fraction of sp³-hybridized carbons (Fsp3) is 0.333. The Morgan fingerprint density at radius 1 is 1.08 bits per heavy atom. The van der Waals surface area contributed by atoms with E-state index in [0.717, 1.165) is 16.6 Å². The van der Waals surface area contributed by atoms with Crippen molar-refractivity contribution in [2.24, 2.45) is 0 Å². The van der Waals surface area contributed by atoms with Crippen LogP contribution in [0.15, 0.2) is 54.9 Å². The third-order valence-corrected chi connectivity index (χ3v) is 5.93. The molecule has 1 amide bonds. The molecule has 0 aliphatic rings. The summed E-state index contributed by atoms with van der Waals surface area (Å²) in [6.45, 7) is 3.83. The number of halogens is 3. The van der Waals surface area contributed by atoms with Crippen LogP contribution in [0.5, 0.6) is 5.75 Å². The first kappa shape index (κ1) is 27.8. The summed E-state index contributed by atoms with van der Waals surface area (Å²) in [4.78, 5) is 31.0. The van der Waals surface area contributed by atoms with E-state index in [1.54, 1.807) is 29.3 Å². The molecule has 0 saturated heterocycles. The molecule has 4 aromatic rings. The zero-order chi connectivity index (χ0) is 27.8. The van der Waals surface area contributed by atoms with E-state index in [9.17, 15) is 18.0 Å². The minimum absolute atomic E-state index is 0.0547. The third kappa shape index (κ3) is 7.66. The van der Waals surface area contributed by atoms with E-state index in [2.05, 4.69) is 30.6 Å². The van der Waals surface area contributed by atoms with Gasteiger partial charge in [-0.3, -0.25) is 9.78 Å². The minimum Gasteiger partial charge on any atom is -0.493 e. The quantitative estimate of drug-likeness (QED) is 0.213. The topological polar surface area (TPSA) is 108 Å². The number of aromatic amines is 1. The van der Waals surface area contributed by atoms with Gasteiger partial charge in [-0.05, 0) is 56.8 Å². The molecule has 0 aliphatic carbocycles. The summed E-state index contributed by atoms with van der Waals surface area (Å²) >= 11 is 0. The zero-order valence-corrected chi connectivity index (χ0v) is 21.7. The lowest BCUT2D eigenvalue weighted by molar-refractivity contribution is -0.136. The number of alkyl halides is 3. The van der Waals surface area contributed by atoms with Gasteiger partial charge in [-0.25, -0.2) is 9.97 Å². The van der Waals surface area contributed by atoms with Gasteiger partial charge in [0.1, 0.15) is 11.4 Å². The maximum absolute atomic E-state index is 12.9. The monoisotopic (exact) mass is 541 g/mol. The van der Waals surface area contributed by atoms with E-state index >= 15 is 0 Å². The van der Waals surface area contributed by atoms with Crippen LogP contribution in [0.3, 0.4) is 0 Å². The van der Waals surface area contributed by atoms with Crippen LogP contribution < -0.4 is 15.4 Å². The number of H-pyrrole nitrogens is 1. The highest BCUT2D eigenvalue weighted by Crippen LogP contribution is 2.25. The number of nitrogens with zero attached hydrogens (tertiary/aromatic N) is 4. The van der Waals surface area contributed by atoms with Crippen LogP contribution in [0, 0.1) is 0 Å². The summed E-state index contributed by atoms with van der Waals surface area (Å²) in [6, 6.07) is 12.4. The van der Waals surface area contributed by atoms with Gasteiger partial charge in [0.15, 0.2) is 0 Å². The number of aromatic nitrogens is 4. The number of carbonyl (C=O) groups is 1. The van der Waals surface area contributed by atoms with Gasteiger partial charge in [-0.1, -0.05) is 0 Å². The molecule has 4 rings (SSSR count). The highest BCUT2D eigenvalue weighted by atomic mass is 19.4. The molecule has 0 radical (unpaired) electrons. The SMILES string of the molecule is CCN(CCNC)C(=O)c1cc2cc(Nc3nccc(-c4cc(OCCCC(F)(F)F)ccn4)n3)ccc2[nH]1. The number of anilines is 2. The Bertz CT molecular complexity index is 1410. The van der Waals surface area contributed by atoms with Gasteiger partial charge in [-0.15, -0.1) is 0 Å². The number of fused-ring (bicyclic) bond motifs is 1. The predicted molar refractivity (Wildman–Crippen MR) is 143 cm³/mol. The van der Waals surface area contributed by atoms with Gasteiger partial charge in [0, 0.05) is 61.1 Å². The number of pyridine rings is 1. The van der Waals surface area contributed by atoms with Crippen molar-refractivity contribution in [3.05, 3.63) is 60.6 Å². The molecular formula is C27H30F3N7O2. The second-order valence-corrected chi connectivity index (χ2v) is 8.81. The van der Waals surface area contributed by atoms with Crippen LogP contribution >= 0.6 is 0 Å². The van der Waals surface area contributed by atoms with Crippen LogP contribution in [0.25, 0.3) is 22.3 Å². The Kier molecular flexibility index (Phi) is 8.97. The molecule has 0 fully saturated rings. The summed E-state index contributed by atoms with van der Waals surface area (Å²) < 4.78 is 42.5. The third-order valence-electron chi connectivity index (χ3n) is 5.93. The molecule has 0 unspecified atom stereocenters. The van der Waals surface area contributed by atoms with Crippen molar-refractivity contribution >= 4 is 28.4 Å². The molecule has 0 saturated carbocycles. The van der Waals surface area contributed by atoms with Crippen LogP contribution in [0.4, 0.5) is 24.8 Å².